The van der Waals surface area contributed by atoms with E-state index < -0.39 is 35.5 Å². The molecule has 1 heterocycles. The molecule has 1 aromatic carbocycles. The van der Waals surface area contributed by atoms with Crippen LogP contribution in [0.4, 0.5) is 9.59 Å². The summed E-state index contributed by atoms with van der Waals surface area (Å²) in [6.07, 6.45) is -2.58. The number of benzene rings is 1. The Morgan fingerprint density at radius 3 is 1.94 bits per heavy atom. The van der Waals surface area contributed by atoms with Gasteiger partial charge in [0, 0.05) is 10.3 Å². The molecule has 0 unspecified atom stereocenters. The van der Waals surface area contributed by atoms with Gasteiger partial charge in [0.2, 0.25) is 0 Å². The molecule has 174 valence electrons. The van der Waals surface area contributed by atoms with Crippen molar-refractivity contribution in [1.82, 2.24) is 10.6 Å². The van der Waals surface area contributed by atoms with Crippen LogP contribution in [0.25, 0.3) is 10.4 Å². The van der Waals surface area contributed by atoms with Crippen LogP contribution in [0.2, 0.25) is 0 Å². The molecule has 0 aliphatic heterocycles. The zero-order valence-electron chi connectivity index (χ0n) is 19.2. The van der Waals surface area contributed by atoms with E-state index in [4.69, 9.17) is 14.2 Å². The van der Waals surface area contributed by atoms with Gasteiger partial charge >= 0.3 is 18.2 Å². The van der Waals surface area contributed by atoms with Gasteiger partial charge in [0.05, 0.1) is 5.56 Å². The minimum atomic E-state index is -1.05. The minimum absolute atomic E-state index is 0.312. The van der Waals surface area contributed by atoms with Crippen molar-refractivity contribution in [3.63, 3.8) is 0 Å². The van der Waals surface area contributed by atoms with E-state index in [2.05, 4.69) is 10.6 Å². The van der Waals surface area contributed by atoms with Crippen LogP contribution >= 0.6 is 11.3 Å². The fraction of sp³-hybridized carbons (Fsp3) is 0.435. The van der Waals surface area contributed by atoms with Crippen molar-refractivity contribution < 1.29 is 28.6 Å². The number of hydrogen-bond acceptors (Lipinski definition) is 7. The Balaban J connectivity index is 2.02. The lowest BCUT2D eigenvalue weighted by atomic mass is 10.2. The van der Waals surface area contributed by atoms with Crippen LogP contribution in [-0.2, 0) is 14.2 Å². The summed E-state index contributed by atoms with van der Waals surface area (Å²) in [5.41, 5.74) is -0.0986. The van der Waals surface area contributed by atoms with Gasteiger partial charge in [-0.25, -0.2) is 14.4 Å². The Morgan fingerprint density at radius 1 is 0.906 bits per heavy atom. The highest BCUT2D eigenvalue weighted by Gasteiger charge is 2.25. The predicted molar refractivity (Wildman–Crippen MR) is 123 cm³/mol. The first-order valence-electron chi connectivity index (χ1n) is 10.1. The molecule has 0 saturated heterocycles. The van der Waals surface area contributed by atoms with E-state index in [9.17, 15) is 14.4 Å². The highest BCUT2D eigenvalue weighted by atomic mass is 32.1. The van der Waals surface area contributed by atoms with E-state index in [1.54, 1.807) is 53.0 Å². The molecule has 9 heteroatoms. The summed E-state index contributed by atoms with van der Waals surface area (Å²) in [4.78, 5) is 37.7. The molecule has 0 bridgehead atoms. The van der Waals surface area contributed by atoms with Gasteiger partial charge in [-0.3, -0.25) is 10.6 Å². The average molecular weight is 463 g/mol. The number of thiophene rings is 1. The van der Waals surface area contributed by atoms with Gasteiger partial charge in [0.1, 0.15) is 24.0 Å². The molecule has 8 nitrogen and oxygen atoms in total. The van der Waals surface area contributed by atoms with Gasteiger partial charge < -0.3 is 14.2 Å². The molecular weight excluding hydrogens is 432 g/mol. The van der Waals surface area contributed by atoms with E-state index in [1.165, 1.54) is 11.3 Å². The van der Waals surface area contributed by atoms with Crippen molar-refractivity contribution in [2.24, 2.45) is 0 Å². The molecule has 2 aromatic rings. The quantitative estimate of drug-likeness (QED) is 0.358. The number of rotatable bonds is 6. The summed E-state index contributed by atoms with van der Waals surface area (Å²) in [5, 5.41) is 6.66. The molecule has 0 radical (unpaired) electrons. The zero-order chi connectivity index (χ0) is 23.9. The van der Waals surface area contributed by atoms with Crippen molar-refractivity contribution in [3.8, 4) is 10.4 Å². The first-order chi connectivity index (χ1) is 14.8. The third kappa shape index (κ3) is 8.97. The van der Waals surface area contributed by atoms with E-state index in [-0.39, 0.29) is 6.61 Å². The SMILES string of the molecule is CC(C)(C)OC(=O)NC(COC(=O)c1csc(-c2ccccc2)c1)NC(=O)OC(C)(C)C. The Labute approximate surface area is 192 Å². The maximum atomic E-state index is 12.5. The fourth-order valence-electron chi connectivity index (χ4n) is 2.46. The van der Waals surface area contributed by atoms with Crippen molar-refractivity contribution in [2.75, 3.05) is 6.61 Å². The van der Waals surface area contributed by atoms with Gasteiger partial charge in [-0.2, -0.15) is 0 Å². The number of esters is 1. The predicted octanol–water partition coefficient (Wildman–Crippen LogP) is 4.95. The van der Waals surface area contributed by atoms with E-state index >= 15 is 0 Å². The lowest BCUT2D eigenvalue weighted by Crippen LogP contribution is -2.53. The monoisotopic (exact) mass is 462 g/mol. The number of alkyl carbamates (subject to hydrolysis) is 2. The maximum Gasteiger partial charge on any atom is 0.409 e. The third-order valence-corrected chi connectivity index (χ3v) is 4.64. The number of amides is 2. The van der Waals surface area contributed by atoms with Crippen LogP contribution in [0.3, 0.4) is 0 Å². The molecule has 1 aromatic heterocycles. The summed E-state index contributed by atoms with van der Waals surface area (Å²) < 4.78 is 15.8. The molecular formula is C23H30N2O6S. The minimum Gasteiger partial charge on any atom is -0.458 e. The number of carbonyl (C=O) groups is 3. The summed E-state index contributed by atoms with van der Waals surface area (Å²) in [6, 6.07) is 11.4. The smallest absolute Gasteiger partial charge is 0.409 e. The standard InChI is InChI=1S/C23H30N2O6S/c1-22(2,3)30-20(27)24-18(25-21(28)31-23(4,5)6)13-29-19(26)16-12-17(32-14-16)15-10-8-7-9-11-15/h7-12,14,18H,13H2,1-6H3,(H,24,27)(H,25,28). The summed E-state index contributed by atoms with van der Waals surface area (Å²) in [7, 11) is 0. The van der Waals surface area contributed by atoms with Crippen LogP contribution in [0.15, 0.2) is 41.8 Å². The molecule has 32 heavy (non-hydrogen) atoms. The van der Waals surface area contributed by atoms with Gasteiger partial charge in [-0.05, 0) is 53.2 Å². The molecule has 0 atom stereocenters. The summed E-state index contributed by atoms with van der Waals surface area (Å²) >= 11 is 1.42. The van der Waals surface area contributed by atoms with E-state index in [1.807, 2.05) is 30.3 Å². The van der Waals surface area contributed by atoms with E-state index in [0.29, 0.717) is 5.56 Å². The van der Waals surface area contributed by atoms with Crippen LogP contribution in [-0.4, -0.2) is 42.1 Å². The lowest BCUT2D eigenvalue weighted by molar-refractivity contribution is 0.0274. The Kier molecular flexibility index (Phi) is 8.26. The molecule has 0 fully saturated rings. The number of hydrogen-bond donors (Lipinski definition) is 2. The summed E-state index contributed by atoms with van der Waals surface area (Å²) in [5.74, 6) is -0.578. The molecule has 0 spiro atoms. The largest absolute Gasteiger partial charge is 0.458 e. The van der Waals surface area contributed by atoms with E-state index in [0.717, 1.165) is 10.4 Å². The molecule has 2 amide bonds. The Hall–Kier alpha value is -3.07. The second-order valence-electron chi connectivity index (χ2n) is 9.01. The van der Waals surface area contributed by atoms with Gasteiger partial charge in [0.25, 0.3) is 0 Å². The summed E-state index contributed by atoms with van der Waals surface area (Å²) in [6.45, 7) is 9.96. The van der Waals surface area contributed by atoms with Crippen molar-refractivity contribution in [1.29, 1.82) is 0 Å². The van der Waals surface area contributed by atoms with Crippen LogP contribution < -0.4 is 10.6 Å². The van der Waals surface area contributed by atoms with Crippen LogP contribution in [0, 0.1) is 0 Å². The second kappa shape index (κ2) is 10.5. The highest BCUT2D eigenvalue weighted by Crippen LogP contribution is 2.27. The van der Waals surface area contributed by atoms with Gasteiger partial charge in [-0.15, -0.1) is 11.3 Å². The second-order valence-corrected chi connectivity index (χ2v) is 9.92. The number of carbonyl (C=O) groups excluding carboxylic acids is 3. The first-order valence-corrected chi connectivity index (χ1v) is 11.0. The zero-order valence-corrected chi connectivity index (χ0v) is 20.0. The first kappa shape index (κ1) is 25.2. The van der Waals surface area contributed by atoms with Crippen molar-refractivity contribution in [2.45, 2.75) is 58.9 Å². The normalized spacial score (nSPS) is 11.6. The number of ether oxygens (including phenoxy) is 3. The molecule has 0 saturated carbocycles. The third-order valence-electron chi connectivity index (χ3n) is 3.66. The fourth-order valence-corrected chi connectivity index (χ4v) is 3.34. The maximum absolute atomic E-state index is 12.5. The topological polar surface area (TPSA) is 103 Å². The Morgan fingerprint density at radius 2 is 1.44 bits per heavy atom. The van der Waals surface area contributed by atoms with Crippen LogP contribution in [0.1, 0.15) is 51.9 Å². The molecule has 0 aliphatic rings. The van der Waals surface area contributed by atoms with Gasteiger partial charge in [0.15, 0.2) is 0 Å². The van der Waals surface area contributed by atoms with Gasteiger partial charge in [-0.1, -0.05) is 30.3 Å². The molecule has 2 rings (SSSR count). The molecule has 0 aliphatic carbocycles. The molecule has 2 N–H and O–H groups in total. The van der Waals surface area contributed by atoms with Crippen LogP contribution in [0.5, 0.6) is 0 Å². The van der Waals surface area contributed by atoms with Crippen molar-refractivity contribution >= 4 is 29.5 Å². The Bertz CT molecular complexity index is 898. The highest BCUT2D eigenvalue weighted by molar-refractivity contribution is 7.13. The number of nitrogens with one attached hydrogen (secondary N) is 2. The average Bonchev–Trinajstić information content (AvgIpc) is 3.13. The lowest BCUT2D eigenvalue weighted by Gasteiger charge is -2.25. The van der Waals surface area contributed by atoms with Crippen molar-refractivity contribution in [3.05, 3.63) is 47.3 Å².